The summed E-state index contributed by atoms with van der Waals surface area (Å²) in [6.45, 7) is 5.50. The highest BCUT2D eigenvalue weighted by atomic mass is 16.3. The smallest absolute Gasteiger partial charge is 0.248 e. The van der Waals surface area contributed by atoms with Gasteiger partial charge in [0, 0.05) is 19.2 Å². The first-order valence-electron chi connectivity index (χ1n) is 3.11. The fourth-order valence-corrected chi connectivity index (χ4v) is 0.577. The highest BCUT2D eigenvalue weighted by molar-refractivity contribution is 5.91. The summed E-state index contributed by atoms with van der Waals surface area (Å²) in [6.07, 6.45) is 0. The monoisotopic (exact) mass is 143 g/mol. The van der Waals surface area contributed by atoms with Crippen LogP contribution in [0.4, 0.5) is 0 Å². The van der Waals surface area contributed by atoms with Gasteiger partial charge in [-0.25, -0.2) is 0 Å². The molecule has 0 fully saturated rings. The molecule has 0 saturated heterocycles. The van der Waals surface area contributed by atoms with Crippen molar-refractivity contribution in [3.05, 3.63) is 12.2 Å². The fraction of sp³-hybridized carbons (Fsp3) is 0.571. The molecule has 3 heteroatoms. The summed E-state index contributed by atoms with van der Waals surface area (Å²) in [5.41, 5.74) is 0.496. The van der Waals surface area contributed by atoms with Crippen LogP contribution in [-0.4, -0.2) is 36.1 Å². The van der Waals surface area contributed by atoms with Gasteiger partial charge in [0.1, 0.15) is 0 Å². The van der Waals surface area contributed by atoms with Gasteiger partial charge in [0.2, 0.25) is 5.91 Å². The van der Waals surface area contributed by atoms with Gasteiger partial charge in [-0.2, -0.15) is 0 Å². The first-order chi connectivity index (χ1) is 4.59. The van der Waals surface area contributed by atoms with Crippen LogP contribution in [0.1, 0.15) is 6.92 Å². The molecule has 0 aliphatic rings. The third-order valence-corrected chi connectivity index (χ3v) is 1.15. The van der Waals surface area contributed by atoms with Crippen LogP contribution in [0.5, 0.6) is 0 Å². The van der Waals surface area contributed by atoms with E-state index in [4.69, 9.17) is 5.11 Å². The molecule has 3 nitrogen and oxygen atoms in total. The van der Waals surface area contributed by atoms with Crippen molar-refractivity contribution >= 4 is 5.91 Å². The Kier molecular flexibility index (Phi) is 3.72. The lowest BCUT2D eigenvalue weighted by atomic mass is 10.3. The summed E-state index contributed by atoms with van der Waals surface area (Å²) in [6, 6.07) is 0. The van der Waals surface area contributed by atoms with Crippen LogP contribution in [0.3, 0.4) is 0 Å². The van der Waals surface area contributed by atoms with E-state index >= 15 is 0 Å². The van der Waals surface area contributed by atoms with Gasteiger partial charge in [-0.15, -0.1) is 0 Å². The topological polar surface area (TPSA) is 40.5 Å². The minimum absolute atomic E-state index is 0.00444. The molecule has 0 atom stereocenters. The largest absolute Gasteiger partial charge is 0.395 e. The average molecular weight is 143 g/mol. The maximum Gasteiger partial charge on any atom is 0.248 e. The van der Waals surface area contributed by atoms with Crippen molar-refractivity contribution in [1.29, 1.82) is 0 Å². The number of nitrogens with zero attached hydrogens (tertiary/aromatic N) is 1. The normalized spacial score (nSPS) is 9.10. The van der Waals surface area contributed by atoms with Gasteiger partial charge in [-0.05, 0) is 6.92 Å². The van der Waals surface area contributed by atoms with Crippen molar-refractivity contribution in [2.75, 3.05) is 20.2 Å². The Labute approximate surface area is 61.0 Å². The van der Waals surface area contributed by atoms with Gasteiger partial charge in [0.05, 0.1) is 6.61 Å². The van der Waals surface area contributed by atoms with Gasteiger partial charge >= 0.3 is 0 Å². The Morgan fingerprint density at radius 1 is 1.70 bits per heavy atom. The predicted octanol–water partition coefficient (Wildman–Crippen LogP) is 0.0132. The maximum atomic E-state index is 10.9. The zero-order chi connectivity index (χ0) is 8.15. The highest BCUT2D eigenvalue weighted by Crippen LogP contribution is 1.93. The zero-order valence-electron chi connectivity index (χ0n) is 6.42. The van der Waals surface area contributed by atoms with Crippen molar-refractivity contribution < 1.29 is 9.90 Å². The standard InChI is InChI=1S/C7H13NO2/c1-6(2)7(10)8(3)4-5-9/h9H,1,4-5H2,2-3H3. The first-order valence-corrected chi connectivity index (χ1v) is 3.11. The predicted molar refractivity (Wildman–Crippen MR) is 39.5 cm³/mol. The summed E-state index contributed by atoms with van der Waals surface area (Å²) in [7, 11) is 1.63. The second-order valence-corrected chi connectivity index (χ2v) is 2.23. The number of amides is 1. The molecule has 10 heavy (non-hydrogen) atoms. The molecule has 0 aliphatic heterocycles. The number of hydrogen-bond donors (Lipinski definition) is 1. The molecule has 0 rings (SSSR count). The molecule has 0 saturated carbocycles. The van der Waals surface area contributed by atoms with Gasteiger partial charge in [-0.1, -0.05) is 6.58 Å². The summed E-state index contributed by atoms with van der Waals surface area (Å²) in [4.78, 5) is 12.4. The first kappa shape index (κ1) is 9.17. The van der Waals surface area contributed by atoms with E-state index in [1.165, 1.54) is 4.90 Å². The minimum atomic E-state index is -0.117. The number of carbonyl (C=O) groups is 1. The molecule has 0 aromatic carbocycles. The van der Waals surface area contributed by atoms with Crippen LogP contribution in [-0.2, 0) is 4.79 Å². The average Bonchev–Trinajstić information content (AvgIpc) is 1.87. The molecule has 0 unspecified atom stereocenters. The van der Waals surface area contributed by atoms with E-state index in [1.54, 1.807) is 14.0 Å². The van der Waals surface area contributed by atoms with Crippen molar-refractivity contribution in [3.8, 4) is 0 Å². The van der Waals surface area contributed by atoms with Crippen LogP contribution < -0.4 is 0 Å². The van der Waals surface area contributed by atoms with E-state index in [0.717, 1.165) is 0 Å². The number of likely N-dealkylation sites (N-methyl/N-ethyl adjacent to an activating group) is 1. The second kappa shape index (κ2) is 4.06. The molecule has 0 spiro atoms. The number of aliphatic hydroxyl groups excluding tert-OH is 1. The Hall–Kier alpha value is -0.830. The number of hydrogen-bond acceptors (Lipinski definition) is 2. The second-order valence-electron chi connectivity index (χ2n) is 2.23. The molecule has 58 valence electrons. The number of rotatable bonds is 3. The van der Waals surface area contributed by atoms with Crippen LogP contribution in [0.25, 0.3) is 0 Å². The minimum Gasteiger partial charge on any atom is -0.395 e. The molecule has 0 aliphatic carbocycles. The van der Waals surface area contributed by atoms with Gasteiger partial charge in [0.15, 0.2) is 0 Å². The SMILES string of the molecule is C=C(C)C(=O)N(C)CCO. The lowest BCUT2D eigenvalue weighted by molar-refractivity contribution is -0.126. The molecule has 0 radical (unpaired) electrons. The van der Waals surface area contributed by atoms with E-state index in [0.29, 0.717) is 12.1 Å². The van der Waals surface area contributed by atoms with E-state index in [-0.39, 0.29) is 12.5 Å². The molecule has 1 amide bonds. The van der Waals surface area contributed by atoms with Crippen molar-refractivity contribution in [3.63, 3.8) is 0 Å². The maximum absolute atomic E-state index is 10.9. The van der Waals surface area contributed by atoms with Gasteiger partial charge in [-0.3, -0.25) is 4.79 Å². The third kappa shape index (κ3) is 2.64. The molecule has 0 bridgehead atoms. The van der Waals surface area contributed by atoms with E-state index in [2.05, 4.69) is 6.58 Å². The summed E-state index contributed by atoms with van der Waals surface area (Å²) in [5.74, 6) is -0.117. The van der Waals surface area contributed by atoms with Crippen LogP contribution in [0.2, 0.25) is 0 Å². The Morgan fingerprint density at radius 2 is 2.20 bits per heavy atom. The summed E-state index contributed by atoms with van der Waals surface area (Å²) in [5, 5.41) is 8.44. The van der Waals surface area contributed by atoms with Crippen LogP contribution >= 0.6 is 0 Å². The van der Waals surface area contributed by atoms with Crippen LogP contribution in [0, 0.1) is 0 Å². The quantitative estimate of drug-likeness (QED) is 0.565. The van der Waals surface area contributed by atoms with E-state index in [9.17, 15) is 4.79 Å². The van der Waals surface area contributed by atoms with Crippen LogP contribution in [0.15, 0.2) is 12.2 Å². The van der Waals surface area contributed by atoms with E-state index in [1.807, 2.05) is 0 Å². The zero-order valence-corrected chi connectivity index (χ0v) is 6.42. The Morgan fingerprint density at radius 3 is 2.50 bits per heavy atom. The Balaban J connectivity index is 3.82. The molecular formula is C7H13NO2. The molecular weight excluding hydrogens is 130 g/mol. The van der Waals surface area contributed by atoms with Crippen molar-refractivity contribution in [2.45, 2.75) is 6.92 Å². The molecule has 0 aromatic rings. The van der Waals surface area contributed by atoms with Gasteiger partial charge in [0.25, 0.3) is 0 Å². The Bertz CT molecular complexity index is 143. The summed E-state index contributed by atoms with van der Waals surface area (Å²) < 4.78 is 0. The third-order valence-electron chi connectivity index (χ3n) is 1.15. The molecule has 0 aromatic heterocycles. The van der Waals surface area contributed by atoms with E-state index < -0.39 is 0 Å². The van der Waals surface area contributed by atoms with Crippen molar-refractivity contribution in [1.82, 2.24) is 4.90 Å². The molecule has 1 N–H and O–H groups in total. The lowest BCUT2D eigenvalue weighted by Gasteiger charge is -2.14. The van der Waals surface area contributed by atoms with Crippen molar-refractivity contribution in [2.24, 2.45) is 0 Å². The lowest BCUT2D eigenvalue weighted by Crippen LogP contribution is -2.29. The molecule has 0 heterocycles. The number of carbonyl (C=O) groups excluding carboxylic acids is 1. The highest BCUT2D eigenvalue weighted by Gasteiger charge is 2.06. The summed E-state index contributed by atoms with van der Waals surface area (Å²) >= 11 is 0. The fourth-order valence-electron chi connectivity index (χ4n) is 0.577. The number of aliphatic hydroxyl groups is 1. The van der Waals surface area contributed by atoms with Gasteiger partial charge < -0.3 is 10.0 Å².